The lowest BCUT2D eigenvalue weighted by Crippen LogP contribution is -2.40. The fourth-order valence-corrected chi connectivity index (χ4v) is 3.54. The maximum absolute atomic E-state index is 13.1. The number of hydrogen-bond acceptors (Lipinski definition) is 4. The Morgan fingerprint density at radius 2 is 1.71 bits per heavy atom. The number of nitrogens with one attached hydrogen (secondary N) is 1. The van der Waals surface area contributed by atoms with Crippen molar-refractivity contribution in [2.75, 3.05) is 6.79 Å². The Balaban J connectivity index is 1.57. The van der Waals surface area contributed by atoms with Gasteiger partial charge in [-0.1, -0.05) is 51.1 Å². The van der Waals surface area contributed by atoms with Crippen molar-refractivity contribution < 1.29 is 19.1 Å². The molecule has 0 radical (unpaired) electrons. The van der Waals surface area contributed by atoms with Gasteiger partial charge in [0.2, 0.25) is 6.79 Å². The van der Waals surface area contributed by atoms with Crippen LogP contribution in [0.1, 0.15) is 44.4 Å². The standard InChI is InChI=1S/C22H24N2O4/c1-21(2,3)15-7-5-14(6-8-15)12-24-19(25)22(4,23-20(24)26)16-9-10-17-18(11-16)28-13-27-17/h5-11H,12-13H2,1-4H3,(H,23,26). The molecule has 28 heavy (non-hydrogen) atoms. The van der Waals surface area contributed by atoms with E-state index < -0.39 is 11.6 Å². The molecule has 2 aromatic carbocycles. The lowest BCUT2D eigenvalue weighted by atomic mass is 9.86. The maximum Gasteiger partial charge on any atom is 0.325 e. The van der Waals surface area contributed by atoms with Gasteiger partial charge < -0.3 is 14.8 Å². The third kappa shape index (κ3) is 2.99. The van der Waals surface area contributed by atoms with Crippen molar-refractivity contribution in [2.45, 2.75) is 45.2 Å². The van der Waals surface area contributed by atoms with Crippen molar-refractivity contribution in [2.24, 2.45) is 0 Å². The number of fused-ring (bicyclic) bond motifs is 1. The van der Waals surface area contributed by atoms with E-state index in [0.29, 0.717) is 17.1 Å². The normalized spacial score (nSPS) is 21.2. The zero-order valence-corrected chi connectivity index (χ0v) is 16.5. The molecule has 0 aromatic heterocycles. The molecular weight excluding hydrogens is 356 g/mol. The molecule has 0 bridgehead atoms. The summed E-state index contributed by atoms with van der Waals surface area (Å²) in [5.74, 6) is 0.938. The minimum atomic E-state index is -1.14. The Morgan fingerprint density at radius 3 is 2.39 bits per heavy atom. The van der Waals surface area contributed by atoms with Gasteiger partial charge in [0, 0.05) is 0 Å². The number of urea groups is 1. The first-order valence-electron chi connectivity index (χ1n) is 9.32. The van der Waals surface area contributed by atoms with Crippen LogP contribution >= 0.6 is 0 Å². The monoisotopic (exact) mass is 380 g/mol. The fraction of sp³-hybridized carbons (Fsp3) is 0.364. The van der Waals surface area contributed by atoms with Gasteiger partial charge in [-0.3, -0.25) is 9.69 Å². The lowest BCUT2D eigenvalue weighted by molar-refractivity contribution is -0.131. The van der Waals surface area contributed by atoms with E-state index in [1.807, 2.05) is 24.3 Å². The number of imide groups is 1. The molecule has 0 aliphatic carbocycles. The van der Waals surface area contributed by atoms with Crippen LogP contribution in [0.3, 0.4) is 0 Å². The Kier molecular flexibility index (Phi) is 4.10. The van der Waals surface area contributed by atoms with Gasteiger partial charge in [-0.05, 0) is 41.2 Å². The van der Waals surface area contributed by atoms with Crippen molar-refractivity contribution in [3.05, 3.63) is 59.2 Å². The summed E-state index contributed by atoms with van der Waals surface area (Å²) in [4.78, 5) is 27.0. The van der Waals surface area contributed by atoms with Crippen molar-refractivity contribution in [1.82, 2.24) is 10.2 Å². The van der Waals surface area contributed by atoms with E-state index >= 15 is 0 Å². The minimum absolute atomic E-state index is 0.0529. The smallest absolute Gasteiger partial charge is 0.325 e. The van der Waals surface area contributed by atoms with Crippen LogP contribution in [0.5, 0.6) is 11.5 Å². The summed E-state index contributed by atoms with van der Waals surface area (Å²) in [5.41, 5.74) is 1.70. The lowest BCUT2D eigenvalue weighted by Gasteiger charge is -2.23. The van der Waals surface area contributed by atoms with Gasteiger partial charge >= 0.3 is 6.03 Å². The molecule has 3 amide bonds. The molecule has 1 atom stereocenters. The molecule has 146 valence electrons. The molecule has 6 nitrogen and oxygen atoms in total. The van der Waals surface area contributed by atoms with Crippen LogP contribution in [0, 0.1) is 0 Å². The van der Waals surface area contributed by atoms with E-state index in [-0.39, 0.29) is 24.7 Å². The Hall–Kier alpha value is -3.02. The second-order valence-electron chi connectivity index (χ2n) is 8.46. The topological polar surface area (TPSA) is 67.9 Å². The molecule has 2 aromatic rings. The number of carbonyl (C=O) groups excluding carboxylic acids is 2. The number of amides is 3. The van der Waals surface area contributed by atoms with Gasteiger partial charge in [0.15, 0.2) is 11.5 Å². The predicted octanol–water partition coefficient (Wildman–Crippen LogP) is 3.68. The van der Waals surface area contributed by atoms with Crippen LogP contribution < -0.4 is 14.8 Å². The zero-order valence-electron chi connectivity index (χ0n) is 16.5. The fourth-order valence-electron chi connectivity index (χ4n) is 3.54. The Morgan fingerprint density at radius 1 is 1.04 bits per heavy atom. The van der Waals surface area contributed by atoms with Gasteiger partial charge in [-0.25, -0.2) is 4.79 Å². The minimum Gasteiger partial charge on any atom is -0.454 e. The predicted molar refractivity (Wildman–Crippen MR) is 104 cm³/mol. The van der Waals surface area contributed by atoms with Gasteiger partial charge in [0.1, 0.15) is 5.54 Å². The average Bonchev–Trinajstić information content (AvgIpc) is 3.20. The van der Waals surface area contributed by atoms with E-state index in [2.05, 4.69) is 26.1 Å². The van der Waals surface area contributed by atoms with Crippen molar-refractivity contribution in [3.8, 4) is 11.5 Å². The van der Waals surface area contributed by atoms with Crippen LogP contribution in [-0.4, -0.2) is 23.6 Å². The van der Waals surface area contributed by atoms with Gasteiger partial charge in [-0.2, -0.15) is 0 Å². The van der Waals surface area contributed by atoms with Crippen molar-refractivity contribution in [1.29, 1.82) is 0 Å². The Bertz CT molecular complexity index is 946. The summed E-state index contributed by atoms with van der Waals surface area (Å²) in [6.45, 7) is 8.55. The first-order valence-corrected chi connectivity index (χ1v) is 9.32. The van der Waals surface area contributed by atoms with E-state index in [4.69, 9.17) is 9.47 Å². The van der Waals surface area contributed by atoms with Crippen LogP contribution in [-0.2, 0) is 22.3 Å². The van der Waals surface area contributed by atoms with E-state index in [1.165, 1.54) is 10.5 Å². The molecule has 1 fully saturated rings. The third-order valence-electron chi connectivity index (χ3n) is 5.39. The highest BCUT2D eigenvalue weighted by Gasteiger charge is 2.49. The summed E-state index contributed by atoms with van der Waals surface area (Å²) in [7, 11) is 0. The van der Waals surface area contributed by atoms with E-state index in [9.17, 15) is 9.59 Å². The number of ether oxygens (including phenoxy) is 2. The van der Waals surface area contributed by atoms with E-state index in [1.54, 1.807) is 25.1 Å². The largest absolute Gasteiger partial charge is 0.454 e. The van der Waals surface area contributed by atoms with Gasteiger partial charge in [0.25, 0.3) is 5.91 Å². The third-order valence-corrected chi connectivity index (χ3v) is 5.39. The second-order valence-corrected chi connectivity index (χ2v) is 8.46. The molecule has 6 heteroatoms. The van der Waals surface area contributed by atoms with E-state index in [0.717, 1.165) is 5.56 Å². The molecule has 0 spiro atoms. The van der Waals surface area contributed by atoms with Crippen LogP contribution in [0.25, 0.3) is 0 Å². The first-order chi connectivity index (χ1) is 13.2. The number of rotatable bonds is 3. The number of nitrogens with zero attached hydrogens (tertiary/aromatic N) is 1. The quantitative estimate of drug-likeness (QED) is 0.825. The van der Waals surface area contributed by atoms with Crippen molar-refractivity contribution >= 4 is 11.9 Å². The number of carbonyl (C=O) groups is 2. The summed E-state index contributed by atoms with van der Waals surface area (Å²) >= 11 is 0. The van der Waals surface area contributed by atoms with Crippen LogP contribution in [0.4, 0.5) is 4.79 Å². The molecule has 1 unspecified atom stereocenters. The maximum atomic E-state index is 13.1. The Labute approximate surface area is 164 Å². The molecule has 4 rings (SSSR count). The summed E-state index contributed by atoms with van der Waals surface area (Å²) < 4.78 is 10.7. The molecule has 2 aliphatic rings. The highest BCUT2D eigenvalue weighted by Crippen LogP contribution is 2.38. The number of benzene rings is 2. The first kappa shape index (κ1) is 18.3. The molecule has 1 N–H and O–H groups in total. The van der Waals surface area contributed by atoms with Crippen LogP contribution in [0.2, 0.25) is 0 Å². The summed E-state index contributed by atoms with van der Waals surface area (Å²) in [6, 6.07) is 12.9. The molecule has 2 heterocycles. The highest BCUT2D eigenvalue weighted by atomic mass is 16.7. The summed E-state index contributed by atoms with van der Waals surface area (Å²) in [6.07, 6.45) is 0. The van der Waals surface area contributed by atoms with Crippen molar-refractivity contribution in [3.63, 3.8) is 0 Å². The number of hydrogen-bond donors (Lipinski definition) is 1. The second kappa shape index (κ2) is 6.26. The summed E-state index contributed by atoms with van der Waals surface area (Å²) in [5, 5.41) is 2.83. The molecule has 1 saturated heterocycles. The molecule has 0 saturated carbocycles. The SMILES string of the molecule is CC(C)(C)c1ccc(CN2C(=O)NC(C)(c3ccc4c(c3)OCO4)C2=O)cc1. The molecular formula is C22H24N2O4. The highest BCUT2D eigenvalue weighted by molar-refractivity contribution is 6.07. The molecule has 2 aliphatic heterocycles. The van der Waals surface area contributed by atoms with Gasteiger partial charge in [-0.15, -0.1) is 0 Å². The average molecular weight is 380 g/mol. The van der Waals surface area contributed by atoms with Crippen LogP contribution in [0.15, 0.2) is 42.5 Å². The zero-order chi connectivity index (χ0) is 20.1. The van der Waals surface area contributed by atoms with Gasteiger partial charge in [0.05, 0.1) is 6.54 Å².